The fourth-order valence-corrected chi connectivity index (χ4v) is 1.43. The van der Waals surface area contributed by atoms with E-state index in [1.165, 1.54) is 26.4 Å². The Morgan fingerprint density at radius 2 is 1.61 bits per heavy atom. The number of alkyl halides is 1. The lowest BCUT2D eigenvalue weighted by Gasteiger charge is -2.13. The van der Waals surface area contributed by atoms with E-state index in [9.17, 15) is 14.0 Å². The van der Waals surface area contributed by atoms with Gasteiger partial charge in [0.1, 0.15) is 17.1 Å². The quantitative estimate of drug-likeness (QED) is 0.452. The fraction of sp³-hybridized carbons (Fsp3) is 0.333. The normalized spacial score (nSPS) is 11.6. The van der Waals surface area contributed by atoms with Crippen molar-refractivity contribution in [3.63, 3.8) is 0 Å². The Balaban J connectivity index is 3.22. The first-order chi connectivity index (χ1) is 8.56. The van der Waals surface area contributed by atoms with Crippen molar-refractivity contribution >= 4 is 11.8 Å². The fourth-order valence-electron chi connectivity index (χ4n) is 1.43. The van der Waals surface area contributed by atoms with Crippen molar-refractivity contribution in [1.29, 1.82) is 0 Å². The molecule has 1 atom stereocenters. The Morgan fingerprint density at radius 1 is 1.11 bits per heavy atom. The number of Topliss-reactive ketones (excluding diaryl/α,β-unsaturated/α-hetero) is 1. The van der Waals surface area contributed by atoms with Gasteiger partial charge in [-0.2, -0.15) is 0 Å². The van der Waals surface area contributed by atoms with Gasteiger partial charge in [0.25, 0.3) is 6.17 Å². The first-order valence-electron chi connectivity index (χ1n) is 5.03. The number of esters is 1. The van der Waals surface area contributed by atoms with E-state index in [2.05, 4.69) is 4.74 Å². The van der Waals surface area contributed by atoms with Crippen LogP contribution in [0.4, 0.5) is 4.39 Å². The summed E-state index contributed by atoms with van der Waals surface area (Å²) in [6, 6.07) is 4.53. The van der Waals surface area contributed by atoms with Crippen LogP contribution < -0.4 is 9.47 Å². The minimum absolute atomic E-state index is 0.125. The zero-order chi connectivity index (χ0) is 13.7. The molecule has 0 amide bonds. The van der Waals surface area contributed by atoms with Crippen LogP contribution in [0.5, 0.6) is 11.5 Å². The Labute approximate surface area is 103 Å². The highest BCUT2D eigenvalue weighted by Crippen LogP contribution is 2.30. The molecule has 0 spiro atoms. The first kappa shape index (κ1) is 14.0. The molecule has 1 aromatic rings. The molecule has 0 aliphatic carbocycles. The summed E-state index contributed by atoms with van der Waals surface area (Å²) in [5, 5.41) is 0. The zero-order valence-corrected chi connectivity index (χ0v) is 10.2. The molecule has 0 aliphatic heterocycles. The molecule has 0 bridgehead atoms. The maximum Gasteiger partial charge on any atom is 0.348 e. The first-order valence-corrected chi connectivity index (χ1v) is 5.03. The van der Waals surface area contributed by atoms with Crippen molar-refractivity contribution in [2.24, 2.45) is 0 Å². The number of ether oxygens (including phenoxy) is 3. The highest BCUT2D eigenvalue weighted by atomic mass is 19.1. The molecule has 0 saturated heterocycles. The van der Waals surface area contributed by atoms with E-state index in [0.717, 1.165) is 7.11 Å². The maximum absolute atomic E-state index is 13.6. The molecule has 6 heteroatoms. The topological polar surface area (TPSA) is 61.8 Å². The summed E-state index contributed by atoms with van der Waals surface area (Å²) in [6.45, 7) is 0. The molecule has 5 nitrogen and oxygen atoms in total. The SMILES string of the molecule is COC(=O)C(F)C(=O)c1c(OC)cccc1OC. The standard InChI is InChI=1S/C12H13FO5/c1-16-7-5-4-6-8(17-2)9(7)11(14)10(13)12(15)18-3/h4-6,10H,1-3H3. The number of carbonyl (C=O) groups is 2. The second kappa shape index (κ2) is 6.00. The van der Waals surface area contributed by atoms with E-state index in [1.54, 1.807) is 6.07 Å². The molecule has 0 aromatic heterocycles. The van der Waals surface area contributed by atoms with Gasteiger partial charge in [-0.25, -0.2) is 9.18 Å². The van der Waals surface area contributed by atoms with Crippen LogP contribution in [0.15, 0.2) is 18.2 Å². The third-order valence-electron chi connectivity index (χ3n) is 2.31. The van der Waals surface area contributed by atoms with Crippen molar-refractivity contribution in [1.82, 2.24) is 0 Å². The highest BCUT2D eigenvalue weighted by Gasteiger charge is 2.32. The van der Waals surface area contributed by atoms with E-state index in [4.69, 9.17) is 9.47 Å². The van der Waals surface area contributed by atoms with E-state index >= 15 is 0 Å². The molecule has 0 heterocycles. The lowest BCUT2D eigenvalue weighted by Crippen LogP contribution is -2.27. The number of hydrogen-bond donors (Lipinski definition) is 0. The second-order valence-electron chi connectivity index (χ2n) is 3.29. The van der Waals surface area contributed by atoms with Gasteiger partial charge in [0.2, 0.25) is 5.78 Å². The van der Waals surface area contributed by atoms with Gasteiger partial charge in [-0.15, -0.1) is 0 Å². The number of ketones is 1. The molecule has 0 radical (unpaired) electrons. The zero-order valence-electron chi connectivity index (χ0n) is 10.2. The number of carbonyl (C=O) groups excluding carboxylic acids is 2. The van der Waals surface area contributed by atoms with Crippen molar-refractivity contribution < 1.29 is 28.2 Å². The number of hydrogen-bond acceptors (Lipinski definition) is 5. The third-order valence-corrected chi connectivity index (χ3v) is 2.31. The van der Waals surface area contributed by atoms with Gasteiger partial charge in [0.05, 0.1) is 21.3 Å². The number of methoxy groups -OCH3 is 3. The largest absolute Gasteiger partial charge is 0.496 e. The predicted octanol–water partition coefficient (Wildman–Crippen LogP) is 1.40. The molecule has 0 aliphatic rings. The van der Waals surface area contributed by atoms with Crippen LogP contribution in [0, 0.1) is 0 Å². The van der Waals surface area contributed by atoms with Crippen LogP contribution in [0.1, 0.15) is 10.4 Å². The van der Waals surface area contributed by atoms with Gasteiger partial charge in [-0.3, -0.25) is 4.79 Å². The van der Waals surface area contributed by atoms with Gasteiger partial charge in [0.15, 0.2) is 0 Å². The van der Waals surface area contributed by atoms with Crippen LogP contribution in [-0.2, 0) is 9.53 Å². The van der Waals surface area contributed by atoms with Crippen molar-refractivity contribution in [2.75, 3.05) is 21.3 Å². The van der Waals surface area contributed by atoms with Gasteiger partial charge in [-0.05, 0) is 12.1 Å². The molecule has 1 rings (SSSR count). The van der Waals surface area contributed by atoms with Gasteiger partial charge < -0.3 is 14.2 Å². The third kappa shape index (κ3) is 2.58. The summed E-state index contributed by atoms with van der Waals surface area (Å²) in [4.78, 5) is 22.9. The van der Waals surface area contributed by atoms with E-state index in [1.807, 2.05) is 0 Å². The molecular weight excluding hydrogens is 243 g/mol. The van der Waals surface area contributed by atoms with Crippen LogP contribution >= 0.6 is 0 Å². The summed E-state index contributed by atoms with van der Waals surface area (Å²) in [5.41, 5.74) is -0.125. The summed E-state index contributed by atoms with van der Waals surface area (Å²) in [5.74, 6) is -2.05. The van der Waals surface area contributed by atoms with E-state index < -0.39 is 17.9 Å². The van der Waals surface area contributed by atoms with E-state index in [0.29, 0.717) is 0 Å². The van der Waals surface area contributed by atoms with Crippen LogP contribution in [-0.4, -0.2) is 39.3 Å². The van der Waals surface area contributed by atoms with Gasteiger partial charge >= 0.3 is 5.97 Å². The number of rotatable bonds is 5. The number of halogens is 1. The summed E-state index contributed by atoms with van der Waals surface area (Å²) in [6.07, 6.45) is -2.40. The Bertz CT molecular complexity index is 436. The average Bonchev–Trinajstić information content (AvgIpc) is 2.43. The van der Waals surface area contributed by atoms with Crippen molar-refractivity contribution in [3.05, 3.63) is 23.8 Å². The molecule has 0 fully saturated rings. The van der Waals surface area contributed by atoms with Crippen LogP contribution in [0.25, 0.3) is 0 Å². The van der Waals surface area contributed by atoms with Gasteiger partial charge in [-0.1, -0.05) is 6.07 Å². The van der Waals surface area contributed by atoms with Crippen molar-refractivity contribution in [2.45, 2.75) is 6.17 Å². The maximum atomic E-state index is 13.6. The van der Waals surface area contributed by atoms with E-state index in [-0.39, 0.29) is 17.1 Å². The Morgan fingerprint density at radius 3 is 2.00 bits per heavy atom. The molecule has 0 saturated carbocycles. The second-order valence-corrected chi connectivity index (χ2v) is 3.29. The summed E-state index contributed by atoms with van der Waals surface area (Å²) < 4.78 is 27.7. The molecule has 1 aromatic carbocycles. The van der Waals surface area contributed by atoms with Crippen molar-refractivity contribution in [3.8, 4) is 11.5 Å². The minimum atomic E-state index is -2.40. The lowest BCUT2D eigenvalue weighted by molar-refractivity contribution is -0.144. The minimum Gasteiger partial charge on any atom is -0.496 e. The monoisotopic (exact) mass is 256 g/mol. The molecular formula is C12H13FO5. The lowest BCUT2D eigenvalue weighted by atomic mass is 10.0. The molecule has 98 valence electrons. The smallest absolute Gasteiger partial charge is 0.348 e. The van der Waals surface area contributed by atoms with Gasteiger partial charge in [0, 0.05) is 0 Å². The Hall–Kier alpha value is -2.11. The Kier molecular flexibility index (Phi) is 4.65. The highest BCUT2D eigenvalue weighted by molar-refractivity contribution is 6.13. The molecule has 1 unspecified atom stereocenters. The summed E-state index contributed by atoms with van der Waals surface area (Å²) in [7, 11) is 3.66. The molecule has 0 N–H and O–H groups in total. The van der Waals surface area contributed by atoms with Crippen LogP contribution in [0.3, 0.4) is 0 Å². The van der Waals surface area contributed by atoms with Crippen LogP contribution in [0.2, 0.25) is 0 Å². The predicted molar refractivity (Wildman–Crippen MR) is 60.8 cm³/mol. The molecule has 18 heavy (non-hydrogen) atoms. The summed E-state index contributed by atoms with van der Waals surface area (Å²) >= 11 is 0. The average molecular weight is 256 g/mol. The number of benzene rings is 1.